The van der Waals surface area contributed by atoms with Crippen LogP contribution in [0.25, 0.3) is 10.3 Å². The second-order valence-corrected chi connectivity index (χ2v) is 7.41. The molecule has 1 N–H and O–H groups in total. The molecule has 8 heteroatoms. The van der Waals surface area contributed by atoms with Gasteiger partial charge in [-0.3, -0.25) is 9.69 Å². The van der Waals surface area contributed by atoms with Crippen molar-refractivity contribution in [1.82, 2.24) is 14.9 Å². The van der Waals surface area contributed by atoms with Gasteiger partial charge in [-0.1, -0.05) is 22.9 Å². The maximum Gasteiger partial charge on any atom is 0.244 e. The van der Waals surface area contributed by atoms with Gasteiger partial charge in [0.1, 0.15) is 22.2 Å². The number of carbonyl (C=O) groups excluding carboxylic acids is 1. The van der Waals surface area contributed by atoms with E-state index in [0.29, 0.717) is 10.2 Å². The SMILES string of the molecule is CN(c1ccc(Cl)cc1)c1ccc2nc(NC(=O)C3CN3C)sc2n1. The molecule has 3 heterocycles. The minimum atomic E-state index is -0.0356. The zero-order chi connectivity index (χ0) is 17.6. The fourth-order valence-electron chi connectivity index (χ4n) is 2.54. The number of amides is 1. The lowest BCUT2D eigenvalue weighted by atomic mass is 10.3. The largest absolute Gasteiger partial charge is 0.329 e. The lowest BCUT2D eigenvalue weighted by Gasteiger charge is -2.18. The Morgan fingerprint density at radius 3 is 2.68 bits per heavy atom. The maximum absolute atomic E-state index is 12.0. The maximum atomic E-state index is 12.0. The number of likely N-dealkylation sites (N-methyl/N-ethyl adjacent to an activating group) is 1. The predicted octanol–water partition coefficient (Wildman–Crippen LogP) is 3.37. The van der Waals surface area contributed by atoms with Crippen LogP contribution in [-0.4, -0.2) is 47.5 Å². The number of hydrogen-bond donors (Lipinski definition) is 1. The molecule has 0 aliphatic carbocycles. The predicted molar refractivity (Wildman–Crippen MR) is 102 cm³/mol. The number of anilines is 3. The highest BCUT2D eigenvalue weighted by Gasteiger charge is 2.37. The normalized spacial score (nSPS) is 19.0. The summed E-state index contributed by atoms with van der Waals surface area (Å²) in [5.74, 6) is 0.790. The summed E-state index contributed by atoms with van der Waals surface area (Å²) >= 11 is 7.32. The Bertz CT molecular complexity index is 942. The van der Waals surface area contributed by atoms with E-state index < -0.39 is 0 Å². The molecular formula is C17H16ClN5OS. The van der Waals surface area contributed by atoms with Gasteiger partial charge >= 0.3 is 0 Å². The number of pyridine rings is 1. The van der Waals surface area contributed by atoms with Gasteiger partial charge in [0, 0.05) is 24.3 Å². The summed E-state index contributed by atoms with van der Waals surface area (Å²) in [5.41, 5.74) is 1.77. The third-order valence-corrected chi connectivity index (χ3v) is 5.32. The van der Waals surface area contributed by atoms with Gasteiger partial charge in [-0.05, 0) is 43.4 Å². The molecule has 0 radical (unpaired) electrons. The molecule has 1 aliphatic rings. The minimum Gasteiger partial charge on any atom is -0.329 e. The Morgan fingerprint density at radius 1 is 1.28 bits per heavy atom. The quantitative estimate of drug-likeness (QED) is 0.710. The zero-order valence-electron chi connectivity index (χ0n) is 13.7. The van der Waals surface area contributed by atoms with Crippen molar-refractivity contribution in [2.24, 2.45) is 0 Å². The Balaban J connectivity index is 1.57. The molecule has 2 atom stereocenters. The molecule has 1 aliphatic heterocycles. The third-order valence-electron chi connectivity index (χ3n) is 4.19. The van der Waals surface area contributed by atoms with Crippen molar-refractivity contribution in [3.05, 3.63) is 41.4 Å². The summed E-state index contributed by atoms with van der Waals surface area (Å²) in [6.45, 7) is 0.797. The fourth-order valence-corrected chi connectivity index (χ4v) is 3.50. The van der Waals surface area contributed by atoms with Crippen LogP contribution in [0.15, 0.2) is 36.4 Å². The van der Waals surface area contributed by atoms with Gasteiger partial charge in [-0.25, -0.2) is 9.97 Å². The Kier molecular flexibility index (Phi) is 4.07. The number of thiazole rings is 1. The van der Waals surface area contributed by atoms with E-state index >= 15 is 0 Å². The Labute approximate surface area is 154 Å². The van der Waals surface area contributed by atoms with E-state index in [2.05, 4.69) is 15.3 Å². The van der Waals surface area contributed by atoms with Crippen molar-refractivity contribution in [3.8, 4) is 0 Å². The first-order chi connectivity index (χ1) is 12.0. The van der Waals surface area contributed by atoms with E-state index in [9.17, 15) is 4.79 Å². The standard InChI is InChI=1S/C17H16ClN5OS/c1-22-9-13(22)15(24)21-17-19-12-7-8-14(20-16(12)25-17)23(2)11-5-3-10(18)4-6-11/h3-8,13H,9H2,1-2H3,(H,19,21,24). The molecular weight excluding hydrogens is 358 g/mol. The van der Waals surface area contributed by atoms with Crippen molar-refractivity contribution >= 4 is 55.8 Å². The van der Waals surface area contributed by atoms with Gasteiger partial charge in [-0.15, -0.1) is 0 Å². The van der Waals surface area contributed by atoms with Gasteiger partial charge in [0.15, 0.2) is 5.13 Å². The van der Waals surface area contributed by atoms with Crippen LogP contribution in [0.2, 0.25) is 5.02 Å². The Hall–Kier alpha value is -2.22. The molecule has 4 rings (SSSR count). The van der Waals surface area contributed by atoms with Crippen LogP contribution in [-0.2, 0) is 4.79 Å². The van der Waals surface area contributed by atoms with Crippen LogP contribution in [0.3, 0.4) is 0 Å². The molecule has 1 saturated heterocycles. The second kappa shape index (κ2) is 6.25. The first-order valence-electron chi connectivity index (χ1n) is 7.79. The van der Waals surface area contributed by atoms with Crippen molar-refractivity contribution < 1.29 is 4.79 Å². The molecule has 1 aromatic carbocycles. The lowest BCUT2D eigenvalue weighted by molar-refractivity contribution is -0.116. The van der Waals surface area contributed by atoms with E-state index in [1.165, 1.54) is 11.3 Å². The number of rotatable bonds is 4. The molecule has 3 aromatic rings. The third kappa shape index (κ3) is 3.30. The molecule has 0 bridgehead atoms. The van der Waals surface area contributed by atoms with Gasteiger partial charge in [0.05, 0.1) is 0 Å². The monoisotopic (exact) mass is 373 g/mol. The highest BCUT2D eigenvalue weighted by Crippen LogP contribution is 2.30. The summed E-state index contributed by atoms with van der Waals surface area (Å²) in [6.07, 6.45) is 0. The van der Waals surface area contributed by atoms with Crippen molar-refractivity contribution in [3.63, 3.8) is 0 Å². The fraction of sp³-hybridized carbons (Fsp3) is 0.235. The number of benzene rings is 1. The van der Waals surface area contributed by atoms with E-state index in [1.54, 1.807) is 0 Å². The molecule has 0 saturated carbocycles. The molecule has 6 nitrogen and oxygen atoms in total. The number of nitrogens with one attached hydrogen (secondary N) is 1. The van der Waals surface area contributed by atoms with Crippen LogP contribution in [0, 0.1) is 0 Å². The molecule has 2 unspecified atom stereocenters. The van der Waals surface area contributed by atoms with Crippen LogP contribution in [0.5, 0.6) is 0 Å². The number of halogens is 1. The summed E-state index contributed by atoms with van der Waals surface area (Å²) in [7, 11) is 3.87. The van der Waals surface area contributed by atoms with Gasteiger partial charge < -0.3 is 10.2 Å². The number of nitrogens with zero attached hydrogens (tertiary/aromatic N) is 4. The Morgan fingerprint density at radius 2 is 2.00 bits per heavy atom. The molecule has 2 aromatic heterocycles. The summed E-state index contributed by atoms with van der Waals surface area (Å²) < 4.78 is 0. The molecule has 1 fully saturated rings. The average molecular weight is 374 g/mol. The van der Waals surface area contributed by atoms with Crippen molar-refractivity contribution in [2.45, 2.75) is 6.04 Å². The smallest absolute Gasteiger partial charge is 0.244 e. The van der Waals surface area contributed by atoms with Crippen LogP contribution in [0.4, 0.5) is 16.6 Å². The number of hydrogen-bond acceptors (Lipinski definition) is 6. The van der Waals surface area contributed by atoms with Crippen LogP contribution in [0.1, 0.15) is 0 Å². The zero-order valence-corrected chi connectivity index (χ0v) is 15.3. The second-order valence-electron chi connectivity index (χ2n) is 5.99. The molecule has 128 valence electrons. The minimum absolute atomic E-state index is 0.0138. The van der Waals surface area contributed by atoms with Crippen LogP contribution >= 0.6 is 22.9 Å². The lowest BCUT2D eigenvalue weighted by Crippen LogP contribution is -2.20. The summed E-state index contributed by atoms with van der Waals surface area (Å²) in [4.78, 5) is 25.9. The first kappa shape index (κ1) is 16.3. The molecule has 1 amide bonds. The highest BCUT2D eigenvalue weighted by atomic mass is 35.5. The number of fused-ring (bicyclic) bond motifs is 1. The van der Waals surface area contributed by atoms with Crippen molar-refractivity contribution in [1.29, 1.82) is 0 Å². The topological polar surface area (TPSA) is 61.1 Å². The average Bonchev–Trinajstić information content (AvgIpc) is 3.20. The number of aromatic nitrogens is 2. The number of carbonyl (C=O) groups is 1. The highest BCUT2D eigenvalue weighted by molar-refractivity contribution is 7.22. The van der Waals surface area contributed by atoms with Crippen LogP contribution < -0.4 is 10.2 Å². The van der Waals surface area contributed by atoms with E-state index in [1.807, 2.05) is 60.3 Å². The summed E-state index contributed by atoms with van der Waals surface area (Å²) in [6, 6.07) is 11.4. The van der Waals surface area contributed by atoms with Gasteiger partial charge in [0.2, 0.25) is 5.91 Å². The van der Waals surface area contributed by atoms with E-state index in [-0.39, 0.29) is 11.9 Å². The van der Waals surface area contributed by atoms with E-state index in [4.69, 9.17) is 11.6 Å². The molecule has 25 heavy (non-hydrogen) atoms. The van der Waals surface area contributed by atoms with Gasteiger partial charge in [0.25, 0.3) is 0 Å². The molecule has 0 spiro atoms. The van der Waals surface area contributed by atoms with Gasteiger partial charge in [-0.2, -0.15) is 0 Å². The van der Waals surface area contributed by atoms with E-state index in [0.717, 1.165) is 28.4 Å². The first-order valence-corrected chi connectivity index (χ1v) is 8.99. The van der Waals surface area contributed by atoms with Crippen molar-refractivity contribution in [2.75, 3.05) is 30.9 Å². The summed E-state index contributed by atoms with van der Waals surface area (Å²) in [5, 5.41) is 4.15.